The van der Waals surface area contributed by atoms with Crippen LogP contribution < -0.4 is 4.74 Å². The maximum Gasteiger partial charge on any atom is 0.339 e. The van der Waals surface area contributed by atoms with Crippen molar-refractivity contribution in [1.82, 2.24) is 0 Å². The van der Waals surface area contributed by atoms with Crippen LogP contribution in [0.1, 0.15) is 24.2 Å². The molecule has 0 aliphatic rings. The maximum absolute atomic E-state index is 14.0. The third-order valence-corrected chi connectivity index (χ3v) is 3.02. The molecular formula is C17H17FO4. The Hall–Kier alpha value is -2.40. The smallest absolute Gasteiger partial charge is 0.339 e. The number of carbonyl (C=O) groups excluding carboxylic acids is 1. The van der Waals surface area contributed by atoms with Gasteiger partial charge < -0.3 is 14.6 Å². The molecule has 0 aliphatic carbocycles. The molecule has 0 aromatic heterocycles. The fourth-order valence-electron chi connectivity index (χ4n) is 1.90. The van der Waals surface area contributed by atoms with E-state index < -0.39 is 17.9 Å². The molecule has 0 bridgehead atoms. The van der Waals surface area contributed by atoms with Gasteiger partial charge in [-0.1, -0.05) is 36.4 Å². The van der Waals surface area contributed by atoms with Gasteiger partial charge in [-0.15, -0.1) is 0 Å². The fourth-order valence-corrected chi connectivity index (χ4v) is 1.90. The second kappa shape index (κ2) is 7.56. The first-order valence-electron chi connectivity index (χ1n) is 6.92. The topological polar surface area (TPSA) is 55.8 Å². The number of aliphatic hydroxyl groups excluding tert-OH is 1. The number of aliphatic hydroxyl groups is 1. The Kier molecular flexibility index (Phi) is 5.49. The lowest BCUT2D eigenvalue weighted by atomic mass is 10.1. The van der Waals surface area contributed by atoms with Crippen LogP contribution in [-0.4, -0.2) is 17.7 Å². The Labute approximate surface area is 128 Å². The molecule has 0 heterocycles. The molecule has 5 heteroatoms. The standard InChI is InChI=1S/C17H17FO4/c1-2-21-17(20)16(19)13-8-9-15(14(18)10-13)22-11-12-6-4-3-5-7-12/h3-10,16,19H,2,11H2,1H3. The van der Waals surface area contributed by atoms with Crippen molar-refractivity contribution in [3.63, 3.8) is 0 Å². The van der Waals surface area contributed by atoms with Gasteiger partial charge in [-0.25, -0.2) is 9.18 Å². The number of carbonyl (C=O) groups is 1. The van der Waals surface area contributed by atoms with E-state index in [2.05, 4.69) is 0 Å². The van der Waals surface area contributed by atoms with Crippen molar-refractivity contribution in [2.75, 3.05) is 6.61 Å². The highest BCUT2D eigenvalue weighted by Crippen LogP contribution is 2.23. The summed E-state index contributed by atoms with van der Waals surface area (Å²) in [6, 6.07) is 13.3. The highest BCUT2D eigenvalue weighted by molar-refractivity contribution is 5.76. The van der Waals surface area contributed by atoms with Crippen molar-refractivity contribution < 1.29 is 23.8 Å². The molecule has 22 heavy (non-hydrogen) atoms. The summed E-state index contributed by atoms with van der Waals surface area (Å²) in [7, 11) is 0. The van der Waals surface area contributed by atoms with E-state index in [1.54, 1.807) is 6.92 Å². The molecule has 2 rings (SSSR count). The Morgan fingerprint density at radius 2 is 1.95 bits per heavy atom. The van der Waals surface area contributed by atoms with E-state index in [0.29, 0.717) is 0 Å². The summed E-state index contributed by atoms with van der Waals surface area (Å²) in [5.41, 5.74) is 1.04. The normalized spacial score (nSPS) is 11.8. The van der Waals surface area contributed by atoms with Crippen LogP contribution in [-0.2, 0) is 16.1 Å². The number of hydrogen-bond acceptors (Lipinski definition) is 4. The molecule has 116 valence electrons. The van der Waals surface area contributed by atoms with Crippen LogP contribution in [0.5, 0.6) is 5.75 Å². The molecule has 2 aromatic carbocycles. The second-order valence-electron chi connectivity index (χ2n) is 4.62. The van der Waals surface area contributed by atoms with Gasteiger partial charge in [0.2, 0.25) is 0 Å². The van der Waals surface area contributed by atoms with Gasteiger partial charge in [0.05, 0.1) is 6.61 Å². The quantitative estimate of drug-likeness (QED) is 0.834. The molecule has 1 unspecified atom stereocenters. The number of rotatable bonds is 6. The van der Waals surface area contributed by atoms with Crippen LogP contribution >= 0.6 is 0 Å². The van der Waals surface area contributed by atoms with Gasteiger partial charge in [0.15, 0.2) is 17.7 Å². The third kappa shape index (κ3) is 4.05. The van der Waals surface area contributed by atoms with Gasteiger partial charge >= 0.3 is 5.97 Å². The van der Waals surface area contributed by atoms with Crippen LogP contribution in [0.3, 0.4) is 0 Å². The summed E-state index contributed by atoms with van der Waals surface area (Å²) in [6.07, 6.45) is -1.50. The average molecular weight is 304 g/mol. The van der Waals surface area contributed by atoms with E-state index in [1.807, 2.05) is 30.3 Å². The van der Waals surface area contributed by atoms with Crippen LogP contribution in [0.25, 0.3) is 0 Å². The van der Waals surface area contributed by atoms with Crippen molar-refractivity contribution in [2.45, 2.75) is 19.6 Å². The lowest BCUT2D eigenvalue weighted by Crippen LogP contribution is -2.15. The number of hydrogen-bond donors (Lipinski definition) is 1. The van der Waals surface area contributed by atoms with Gasteiger partial charge in [-0.3, -0.25) is 0 Å². The number of halogens is 1. The van der Waals surface area contributed by atoms with Gasteiger partial charge in [-0.2, -0.15) is 0 Å². The zero-order valence-electron chi connectivity index (χ0n) is 12.2. The zero-order valence-corrected chi connectivity index (χ0v) is 12.2. The van der Waals surface area contributed by atoms with Gasteiger partial charge in [0.25, 0.3) is 0 Å². The summed E-state index contributed by atoms with van der Waals surface area (Å²) in [4.78, 5) is 11.4. The second-order valence-corrected chi connectivity index (χ2v) is 4.62. The zero-order chi connectivity index (χ0) is 15.9. The third-order valence-electron chi connectivity index (χ3n) is 3.02. The minimum atomic E-state index is -1.50. The number of esters is 1. The fraction of sp³-hybridized carbons (Fsp3) is 0.235. The van der Waals surface area contributed by atoms with Crippen molar-refractivity contribution in [3.8, 4) is 5.75 Å². The lowest BCUT2D eigenvalue weighted by molar-refractivity contribution is -0.153. The van der Waals surface area contributed by atoms with Crippen molar-refractivity contribution >= 4 is 5.97 Å². The number of ether oxygens (including phenoxy) is 2. The van der Waals surface area contributed by atoms with E-state index in [9.17, 15) is 14.3 Å². The maximum atomic E-state index is 14.0. The largest absolute Gasteiger partial charge is 0.486 e. The summed E-state index contributed by atoms with van der Waals surface area (Å²) >= 11 is 0. The molecule has 1 atom stereocenters. The van der Waals surface area contributed by atoms with Crippen LogP contribution in [0.2, 0.25) is 0 Å². The molecule has 0 aliphatic heterocycles. The Balaban J connectivity index is 2.05. The Bertz CT molecular complexity index is 628. The molecule has 0 saturated carbocycles. The molecule has 1 N–H and O–H groups in total. The van der Waals surface area contributed by atoms with Gasteiger partial charge in [0, 0.05) is 0 Å². The molecule has 0 amide bonds. The molecule has 0 spiro atoms. The van der Waals surface area contributed by atoms with Gasteiger partial charge in [-0.05, 0) is 30.2 Å². The summed E-state index contributed by atoms with van der Waals surface area (Å²) in [6.45, 7) is 2.01. The highest BCUT2D eigenvalue weighted by Gasteiger charge is 2.20. The predicted molar refractivity (Wildman–Crippen MR) is 78.8 cm³/mol. The van der Waals surface area contributed by atoms with Crippen LogP contribution in [0.15, 0.2) is 48.5 Å². The average Bonchev–Trinajstić information content (AvgIpc) is 2.54. The lowest BCUT2D eigenvalue weighted by Gasteiger charge is -2.12. The first-order chi connectivity index (χ1) is 10.6. The van der Waals surface area contributed by atoms with Crippen molar-refractivity contribution in [1.29, 1.82) is 0 Å². The van der Waals surface area contributed by atoms with E-state index in [1.165, 1.54) is 12.1 Å². The highest BCUT2D eigenvalue weighted by atomic mass is 19.1. The Morgan fingerprint density at radius 3 is 2.59 bits per heavy atom. The molecule has 0 fully saturated rings. The molecule has 0 saturated heterocycles. The van der Waals surface area contributed by atoms with Crippen molar-refractivity contribution in [2.24, 2.45) is 0 Å². The number of benzene rings is 2. The minimum absolute atomic E-state index is 0.0589. The summed E-state index contributed by atoms with van der Waals surface area (Å²) in [5.74, 6) is -1.39. The molecular weight excluding hydrogens is 287 g/mol. The molecule has 0 radical (unpaired) electrons. The van der Waals surface area contributed by atoms with E-state index in [0.717, 1.165) is 11.6 Å². The first kappa shape index (κ1) is 16.0. The van der Waals surface area contributed by atoms with E-state index >= 15 is 0 Å². The Morgan fingerprint density at radius 1 is 1.23 bits per heavy atom. The van der Waals surface area contributed by atoms with E-state index in [4.69, 9.17) is 9.47 Å². The van der Waals surface area contributed by atoms with Gasteiger partial charge in [0.1, 0.15) is 6.61 Å². The van der Waals surface area contributed by atoms with Crippen LogP contribution in [0, 0.1) is 5.82 Å². The summed E-state index contributed by atoms with van der Waals surface area (Å²) < 4.78 is 24.1. The van der Waals surface area contributed by atoms with Crippen molar-refractivity contribution in [3.05, 3.63) is 65.5 Å². The predicted octanol–water partition coefficient (Wildman–Crippen LogP) is 3.00. The SMILES string of the molecule is CCOC(=O)C(O)c1ccc(OCc2ccccc2)c(F)c1. The first-order valence-corrected chi connectivity index (χ1v) is 6.92. The minimum Gasteiger partial charge on any atom is -0.486 e. The summed E-state index contributed by atoms with van der Waals surface area (Å²) in [5, 5.41) is 9.76. The van der Waals surface area contributed by atoms with Crippen LogP contribution in [0.4, 0.5) is 4.39 Å². The molecule has 2 aromatic rings. The molecule has 4 nitrogen and oxygen atoms in total. The monoisotopic (exact) mass is 304 g/mol. The van der Waals surface area contributed by atoms with E-state index in [-0.39, 0.29) is 24.5 Å².